The summed E-state index contributed by atoms with van der Waals surface area (Å²) in [4.78, 5) is 22.4. The van der Waals surface area contributed by atoms with E-state index in [-0.39, 0.29) is 13.2 Å². The standard InChI is InChI=1S/C16H13ClO4/c17-14-7-3-1-6-13(14)10-21-16(19)11-20-15-8-4-2-5-12(15)9-18/h1-9H,10-11H2. The van der Waals surface area contributed by atoms with Crippen LogP contribution >= 0.6 is 11.6 Å². The Morgan fingerprint density at radius 1 is 1.10 bits per heavy atom. The fourth-order valence-electron chi connectivity index (χ4n) is 1.66. The van der Waals surface area contributed by atoms with Crippen molar-refractivity contribution in [2.24, 2.45) is 0 Å². The topological polar surface area (TPSA) is 52.6 Å². The Hall–Kier alpha value is -2.33. The molecule has 5 heteroatoms. The molecule has 2 aromatic carbocycles. The highest BCUT2D eigenvalue weighted by molar-refractivity contribution is 6.31. The number of para-hydroxylation sites is 1. The zero-order valence-corrected chi connectivity index (χ0v) is 11.9. The average molecular weight is 305 g/mol. The lowest BCUT2D eigenvalue weighted by molar-refractivity contribution is -0.147. The number of esters is 1. The minimum Gasteiger partial charge on any atom is -0.481 e. The third-order valence-corrected chi connectivity index (χ3v) is 3.11. The van der Waals surface area contributed by atoms with Crippen molar-refractivity contribution in [2.45, 2.75) is 6.61 Å². The van der Waals surface area contributed by atoms with Crippen molar-refractivity contribution in [1.82, 2.24) is 0 Å². The molecule has 4 nitrogen and oxygen atoms in total. The van der Waals surface area contributed by atoms with Crippen molar-refractivity contribution < 1.29 is 19.1 Å². The lowest BCUT2D eigenvalue weighted by atomic mass is 10.2. The first kappa shape index (κ1) is 15.1. The van der Waals surface area contributed by atoms with Gasteiger partial charge in [0.05, 0.1) is 5.56 Å². The van der Waals surface area contributed by atoms with Crippen LogP contribution in [0, 0.1) is 0 Å². The van der Waals surface area contributed by atoms with Gasteiger partial charge in [-0.25, -0.2) is 4.79 Å². The summed E-state index contributed by atoms with van der Waals surface area (Å²) >= 11 is 5.96. The van der Waals surface area contributed by atoms with E-state index < -0.39 is 5.97 Å². The zero-order valence-electron chi connectivity index (χ0n) is 11.1. The fraction of sp³-hybridized carbons (Fsp3) is 0.125. The van der Waals surface area contributed by atoms with E-state index in [9.17, 15) is 9.59 Å². The van der Waals surface area contributed by atoms with E-state index in [2.05, 4.69) is 0 Å². The monoisotopic (exact) mass is 304 g/mol. The number of rotatable bonds is 6. The van der Waals surface area contributed by atoms with Crippen LogP contribution in [0.1, 0.15) is 15.9 Å². The zero-order chi connectivity index (χ0) is 15.1. The van der Waals surface area contributed by atoms with E-state index in [0.29, 0.717) is 22.6 Å². The van der Waals surface area contributed by atoms with Crippen LogP contribution in [0.2, 0.25) is 5.02 Å². The lowest BCUT2D eigenvalue weighted by Crippen LogP contribution is -2.15. The molecule has 0 radical (unpaired) electrons. The molecule has 0 amide bonds. The van der Waals surface area contributed by atoms with Gasteiger partial charge >= 0.3 is 5.97 Å². The van der Waals surface area contributed by atoms with Crippen LogP contribution in [0.3, 0.4) is 0 Å². The highest BCUT2D eigenvalue weighted by atomic mass is 35.5. The van der Waals surface area contributed by atoms with Crippen molar-refractivity contribution in [3.63, 3.8) is 0 Å². The van der Waals surface area contributed by atoms with Crippen molar-refractivity contribution in [3.8, 4) is 5.75 Å². The van der Waals surface area contributed by atoms with Gasteiger partial charge in [-0.2, -0.15) is 0 Å². The van der Waals surface area contributed by atoms with Gasteiger partial charge in [-0.15, -0.1) is 0 Å². The van der Waals surface area contributed by atoms with Crippen molar-refractivity contribution in [1.29, 1.82) is 0 Å². The van der Waals surface area contributed by atoms with Gasteiger partial charge in [0, 0.05) is 10.6 Å². The molecule has 108 valence electrons. The second kappa shape index (κ2) is 7.45. The van der Waals surface area contributed by atoms with Gasteiger partial charge < -0.3 is 9.47 Å². The van der Waals surface area contributed by atoms with Crippen molar-refractivity contribution >= 4 is 23.9 Å². The number of hydrogen-bond donors (Lipinski definition) is 0. The van der Waals surface area contributed by atoms with Gasteiger partial charge in [-0.3, -0.25) is 4.79 Å². The summed E-state index contributed by atoms with van der Waals surface area (Å²) in [5.74, 6) is -0.183. The quantitative estimate of drug-likeness (QED) is 0.607. The van der Waals surface area contributed by atoms with Crippen LogP contribution in [-0.2, 0) is 16.1 Å². The van der Waals surface area contributed by atoms with Crippen molar-refractivity contribution in [3.05, 3.63) is 64.7 Å². The molecule has 0 saturated carbocycles. The molecule has 0 atom stereocenters. The number of hydrogen-bond acceptors (Lipinski definition) is 4. The number of ether oxygens (including phenoxy) is 2. The van der Waals surface area contributed by atoms with Gasteiger partial charge in [0.25, 0.3) is 0 Å². The molecule has 0 aliphatic rings. The van der Waals surface area contributed by atoms with E-state index >= 15 is 0 Å². The maximum absolute atomic E-state index is 11.6. The summed E-state index contributed by atoms with van der Waals surface area (Å²) in [7, 11) is 0. The minimum atomic E-state index is -0.532. The van der Waals surface area contributed by atoms with Gasteiger partial charge in [-0.1, -0.05) is 41.9 Å². The van der Waals surface area contributed by atoms with E-state index in [1.807, 2.05) is 6.07 Å². The molecule has 21 heavy (non-hydrogen) atoms. The number of benzene rings is 2. The molecule has 0 fully saturated rings. The average Bonchev–Trinajstić information content (AvgIpc) is 2.52. The molecule has 0 spiro atoms. The highest BCUT2D eigenvalue weighted by Gasteiger charge is 2.08. The van der Waals surface area contributed by atoms with Crippen LogP contribution in [0.25, 0.3) is 0 Å². The van der Waals surface area contributed by atoms with Gasteiger partial charge in [-0.05, 0) is 18.2 Å². The number of carbonyl (C=O) groups excluding carboxylic acids is 2. The second-order valence-electron chi connectivity index (χ2n) is 4.20. The van der Waals surface area contributed by atoms with Crippen molar-refractivity contribution in [2.75, 3.05) is 6.61 Å². The summed E-state index contributed by atoms with van der Waals surface area (Å²) in [6.07, 6.45) is 0.671. The molecule has 0 bridgehead atoms. The summed E-state index contributed by atoms with van der Waals surface area (Å²) in [5.41, 5.74) is 1.11. The first-order valence-electron chi connectivity index (χ1n) is 6.26. The Bertz CT molecular complexity index is 640. The molecule has 0 aromatic heterocycles. The third kappa shape index (κ3) is 4.33. The number of aldehydes is 1. The minimum absolute atomic E-state index is 0.0805. The SMILES string of the molecule is O=Cc1ccccc1OCC(=O)OCc1ccccc1Cl. The molecule has 0 aliphatic heterocycles. The maximum atomic E-state index is 11.6. The first-order valence-corrected chi connectivity index (χ1v) is 6.64. The van der Waals surface area contributed by atoms with Gasteiger partial charge in [0.1, 0.15) is 12.4 Å². The van der Waals surface area contributed by atoms with Crippen LogP contribution in [-0.4, -0.2) is 18.9 Å². The predicted octanol–water partition coefficient (Wildman–Crippen LogP) is 3.27. The van der Waals surface area contributed by atoms with E-state index in [0.717, 1.165) is 5.56 Å². The molecule has 2 aromatic rings. The van der Waals surface area contributed by atoms with Gasteiger partial charge in [0.2, 0.25) is 0 Å². The largest absolute Gasteiger partial charge is 0.481 e. The molecular weight excluding hydrogens is 292 g/mol. The number of carbonyl (C=O) groups is 2. The van der Waals surface area contributed by atoms with E-state index in [4.69, 9.17) is 21.1 Å². The van der Waals surface area contributed by atoms with Crippen LogP contribution in [0.5, 0.6) is 5.75 Å². The summed E-state index contributed by atoms with van der Waals surface area (Å²) in [5, 5.41) is 0.539. The normalized spacial score (nSPS) is 9.95. The van der Waals surface area contributed by atoms with E-state index in [1.54, 1.807) is 42.5 Å². The number of halogens is 1. The summed E-state index contributed by atoms with van der Waals surface area (Å²) in [6, 6.07) is 13.8. The third-order valence-electron chi connectivity index (χ3n) is 2.74. The van der Waals surface area contributed by atoms with Crippen LogP contribution < -0.4 is 4.74 Å². The van der Waals surface area contributed by atoms with Crippen LogP contribution in [0.15, 0.2) is 48.5 Å². The molecule has 0 heterocycles. The fourth-order valence-corrected chi connectivity index (χ4v) is 1.85. The molecule has 0 N–H and O–H groups in total. The maximum Gasteiger partial charge on any atom is 0.344 e. The Labute approximate surface area is 127 Å². The van der Waals surface area contributed by atoms with Gasteiger partial charge in [0.15, 0.2) is 12.9 Å². The Morgan fingerprint density at radius 2 is 1.81 bits per heavy atom. The molecular formula is C16H13ClO4. The predicted molar refractivity (Wildman–Crippen MR) is 78.6 cm³/mol. The smallest absolute Gasteiger partial charge is 0.344 e. The highest BCUT2D eigenvalue weighted by Crippen LogP contribution is 2.17. The molecule has 0 unspecified atom stereocenters. The first-order chi connectivity index (χ1) is 10.2. The molecule has 0 aliphatic carbocycles. The Morgan fingerprint density at radius 3 is 2.57 bits per heavy atom. The Kier molecular flexibility index (Phi) is 5.35. The van der Waals surface area contributed by atoms with E-state index in [1.165, 1.54) is 0 Å². The lowest BCUT2D eigenvalue weighted by Gasteiger charge is -2.09. The Balaban J connectivity index is 1.85. The summed E-state index contributed by atoms with van der Waals surface area (Å²) in [6.45, 7) is -0.188. The van der Waals surface area contributed by atoms with Crippen LogP contribution in [0.4, 0.5) is 0 Å². The second-order valence-corrected chi connectivity index (χ2v) is 4.60. The molecule has 0 saturated heterocycles. The molecule has 2 rings (SSSR count). The summed E-state index contributed by atoms with van der Waals surface area (Å²) < 4.78 is 10.3.